The van der Waals surface area contributed by atoms with Crippen LogP contribution in [0.3, 0.4) is 0 Å². The van der Waals surface area contributed by atoms with Crippen molar-refractivity contribution in [3.63, 3.8) is 0 Å². The number of ether oxygens (including phenoxy) is 2. The Morgan fingerprint density at radius 1 is 1.13 bits per heavy atom. The Balaban J connectivity index is 2.57. The van der Waals surface area contributed by atoms with E-state index >= 15 is 0 Å². The van der Waals surface area contributed by atoms with Gasteiger partial charge in [-0.25, -0.2) is 4.99 Å². The van der Waals surface area contributed by atoms with Gasteiger partial charge in [-0.3, -0.25) is 0 Å². The Labute approximate surface area is 140 Å². The third-order valence-corrected chi connectivity index (χ3v) is 3.61. The molecular formula is C18H31N3O2. The first-order chi connectivity index (χ1) is 11.1. The second-order valence-electron chi connectivity index (χ2n) is 5.86. The molecule has 0 bridgehead atoms. The SMILES string of the molecule is CCNC(=NCc1ccc(OCCOC)cc1)NC(C)C(C)C. The summed E-state index contributed by atoms with van der Waals surface area (Å²) in [5, 5.41) is 6.72. The van der Waals surface area contributed by atoms with Crippen LogP contribution in [0.25, 0.3) is 0 Å². The van der Waals surface area contributed by atoms with E-state index in [1.807, 2.05) is 24.3 Å². The van der Waals surface area contributed by atoms with Gasteiger partial charge in [0.05, 0.1) is 13.2 Å². The Kier molecular flexibility index (Phi) is 9.14. The molecule has 0 aliphatic carbocycles. The summed E-state index contributed by atoms with van der Waals surface area (Å²) in [5.41, 5.74) is 1.15. The molecule has 5 nitrogen and oxygen atoms in total. The number of hydrogen-bond donors (Lipinski definition) is 2. The summed E-state index contributed by atoms with van der Waals surface area (Å²) in [6, 6.07) is 8.40. The first kappa shape index (κ1) is 19.3. The summed E-state index contributed by atoms with van der Waals surface area (Å²) in [6.07, 6.45) is 0. The van der Waals surface area contributed by atoms with Crippen molar-refractivity contribution in [2.24, 2.45) is 10.9 Å². The molecule has 0 radical (unpaired) electrons. The maximum absolute atomic E-state index is 5.56. The summed E-state index contributed by atoms with van der Waals surface area (Å²) in [7, 11) is 1.67. The fourth-order valence-electron chi connectivity index (χ4n) is 1.81. The molecule has 23 heavy (non-hydrogen) atoms. The van der Waals surface area contributed by atoms with Crippen LogP contribution in [0.4, 0.5) is 0 Å². The Hall–Kier alpha value is -1.75. The molecule has 0 aliphatic rings. The van der Waals surface area contributed by atoms with Gasteiger partial charge in [-0.1, -0.05) is 26.0 Å². The van der Waals surface area contributed by atoms with Crippen molar-refractivity contribution in [2.75, 3.05) is 26.9 Å². The molecule has 0 amide bonds. The molecule has 5 heteroatoms. The molecule has 1 aromatic carbocycles. The highest BCUT2D eigenvalue weighted by molar-refractivity contribution is 5.80. The molecular weight excluding hydrogens is 290 g/mol. The molecule has 0 fully saturated rings. The molecule has 0 saturated heterocycles. The fourth-order valence-corrected chi connectivity index (χ4v) is 1.81. The Morgan fingerprint density at radius 2 is 1.83 bits per heavy atom. The number of benzene rings is 1. The average Bonchev–Trinajstić information content (AvgIpc) is 2.54. The van der Waals surface area contributed by atoms with Crippen LogP contribution >= 0.6 is 0 Å². The quantitative estimate of drug-likeness (QED) is 0.417. The maximum atomic E-state index is 5.56. The van der Waals surface area contributed by atoms with E-state index < -0.39 is 0 Å². The summed E-state index contributed by atoms with van der Waals surface area (Å²) >= 11 is 0. The highest BCUT2D eigenvalue weighted by atomic mass is 16.5. The van der Waals surface area contributed by atoms with Crippen LogP contribution in [0.1, 0.15) is 33.3 Å². The maximum Gasteiger partial charge on any atom is 0.191 e. The second-order valence-corrected chi connectivity index (χ2v) is 5.86. The first-order valence-electron chi connectivity index (χ1n) is 8.32. The summed E-state index contributed by atoms with van der Waals surface area (Å²) in [6.45, 7) is 11.3. The Bertz CT molecular complexity index is 458. The number of nitrogens with one attached hydrogen (secondary N) is 2. The fraction of sp³-hybridized carbons (Fsp3) is 0.611. The van der Waals surface area contributed by atoms with E-state index in [0.717, 1.165) is 23.8 Å². The van der Waals surface area contributed by atoms with Crippen molar-refractivity contribution in [3.8, 4) is 5.75 Å². The van der Waals surface area contributed by atoms with E-state index in [1.54, 1.807) is 7.11 Å². The zero-order chi connectivity index (χ0) is 17.1. The standard InChI is InChI=1S/C18H31N3O2/c1-6-19-18(21-15(4)14(2)3)20-13-16-7-9-17(10-8-16)23-12-11-22-5/h7-10,14-15H,6,11-13H2,1-5H3,(H2,19,20,21). The summed E-state index contributed by atoms with van der Waals surface area (Å²) in [4.78, 5) is 4.64. The van der Waals surface area contributed by atoms with Crippen molar-refractivity contribution in [2.45, 2.75) is 40.3 Å². The lowest BCUT2D eigenvalue weighted by molar-refractivity contribution is 0.146. The van der Waals surface area contributed by atoms with Gasteiger partial charge in [0, 0.05) is 19.7 Å². The number of rotatable bonds is 9. The van der Waals surface area contributed by atoms with Crippen LogP contribution in [0.5, 0.6) is 5.75 Å². The minimum Gasteiger partial charge on any atom is -0.491 e. The zero-order valence-corrected chi connectivity index (χ0v) is 15.1. The number of nitrogens with zero attached hydrogens (tertiary/aromatic N) is 1. The van der Waals surface area contributed by atoms with Crippen LogP contribution in [-0.4, -0.2) is 38.9 Å². The molecule has 0 heterocycles. The number of aliphatic imine (C=N–C) groups is 1. The lowest BCUT2D eigenvalue weighted by Crippen LogP contribution is -2.44. The number of methoxy groups -OCH3 is 1. The van der Waals surface area contributed by atoms with E-state index in [2.05, 4.69) is 43.3 Å². The third-order valence-electron chi connectivity index (χ3n) is 3.61. The van der Waals surface area contributed by atoms with Gasteiger partial charge in [0.1, 0.15) is 12.4 Å². The largest absolute Gasteiger partial charge is 0.491 e. The van der Waals surface area contributed by atoms with Gasteiger partial charge in [-0.15, -0.1) is 0 Å². The second kappa shape index (κ2) is 10.9. The van der Waals surface area contributed by atoms with Crippen molar-refractivity contribution in [3.05, 3.63) is 29.8 Å². The molecule has 0 saturated carbocycles. The predicted molar refractivity (Wildman–Crippen MR) is 96.1 cm³/mol. The highest BCUT2D eigenvalue weighted by Crippen LogP contribution is 2.12. The van der Waals surface area contributed by atoms with Crippen LogP contribution in [0.15, 0.2) is 29.3 Å². The predicted octanol–water partition coefficient (Wildman–Crippen LogP) is 2.81. The lowest BCUT2D eigenvalue weighted by atomic mass is 10.1. The van der Waals surface area contributed by atoms with Gasteiger partial charge in [-0.05, 0) is 37.5 Å². The summed E-state index contributed by atoms with van der Waals surface area (Å²) in [5.74, 6) is 2.27. The van der Waals surface area contributed by atoms with Gasteiger partial charge < -0.3 is 20.1 Å². The average molecular weight is 321 g/mol. The van der Waals surface area contributed by atoms with Gasteiger partial charge in [0.25, 0.3) is 0 Å². The molecule has 130 valence electrons. The van der Waals surface area contributed by atoms with E-state index in [1.165, 1.54) is 0 Å². The topological polar surface area (TPSA) is 54.9 Å². The molecule has 1 rings (SSSR count). The lowest BCUT2D eigenvalue weighted by Gasteiger charge is -2.20. The molecule has 0 aliphatic heterocycles. The highest BCUT2D eigenvalue weighted by Gasteiger charge is 2.08. The minimum atomic E-state index is 0.379. The third kappa shape index (κ3) is 7.88. The van der Waals surface area contributed by atoms with Gasteiger partial charge in [0.15, 0.2) is 5.96 Å². The number of hydrogen-bond acceptors (Lipinski definition) is 3. The van der Waals surface area contributed by atoms with E-state index in [4.69, 9.17) is 9.47 Å². The van der Waals surface area contributed by atoms with Crippen molar-refractivity contribution >= 4 is 5.96 Å². The van der Waals surface area contributed by atoms with Crippen molar-refractivity contribution in [1.29, 1.82) is 0 Å². The monoisotopic (exact) mass is 321 g/mol. The number of guanidine groups is 1. The van der Waals surface area contributed by atoms with Gasteiger partial charge in [0.2, 0.25) is 0 Å². The molecule has 0 aromatic heterocycles. The van der Waals surface area contributed by atoms with E-state index in [0.29, 0.717) is 31.7 Å². The molecule has 1 unspecified atom stereocenters. The minimum absolute atomic E-state index is 0.379. The smallest absolute Gasteiger partial charge is 0.191 e. The van der Waals surface area contributed by atoms with E-state index in [9.17, 15) is 0 Å². The van der Waals surface area contributed by atoms with Gasteiger partial charge in [-0.2, -0.15) is 0 Å². The van der Waals surface area contributed by atoms with Crippen LogP contribution in [0, 0.1) is 5.92 Å². The molecule has 1 aromatic rings. The van der Waals surface area contributed by atoms with Crippen molar-refractivity contribution in [1.82, 2.24) is 10.6 Å². The molecule has 2 N–H and O–H groups in total. The van der Waals surface area contributed by atoms with E-state index in [-0.39, 0.29) is 0 Å². The van der Waals surface area contributed by atoms with Crippen LogP contribution in [0.2, 0.25) is 0 Å². The normalized spacial score (nSPS) is 13.0. The van der Waals surface area contributed by atoms with Gasteiger partial charge >= 0.3 is 0 Å². The van der Waals surface area contributed by atoms with Crippen LogP contribution < -0.4 is 15.4 Å². The molecule has 0 spiro atoms. The Morgan fingerprint density at radius 3 is 2.39 bits per heavy atom. The first-order valence-corrected chi connectivity index (χ1v) is 8.32. The van der Waals surface area contributed by atoms with Crippen molar-refractivity contribution < 1.29 is 9.47 Å². The molecule has 1 atom stereocenters. The summed E-state index contributed by atoms with van der Waals surface area (Å²) < 4.78 is 10.5. The van der Waals surface area contributed by atoms with Crippen LogP contribution in [-0.2, 0) is 11.3 Å². The zero-order valence-electron chi connectivity index (χ0n) is 15.1.